The van der Waals surface area contributed by atoms with E-state index in [1.807, 2.05) is 63.2 Å². The molecule has 1 aliphatic heterocycles. The molecule has 0 aromatic heterocycles. The van der Waals surface area contributed by atoms with Crippen LogP contribution in [0.5, 0.6) is 11.5 Å². The number of ether oxygens (including phenoxy) is 3. The normalized spacial score (nSPS) is 16.6. The van der Waals surface area contributed by atoms with Gasteiger partial charge in [-0.1, -0.05) is 30.3 Å². The van der Waals surface area contributed by atoms with Gasteiger partial charge in [0.05, 0.1) is 0 Å². The zero-order valence-electron chi connectivity index (χ0n) is 19.3. The maximum Gasteiger partial charge on any atom is 0.306 e. The van der Waals surface area contributed by atoms with Crippen LogP contribution in [0.3, 0.4) is 0 Å². The third kappa shape index (κ3) is 8.17. The smallest absolute Gasteiger partial charge is 0.306 e. The largest absolute Gasteiger partial charge is 0.491 e. The highest BCUT2D eigenvalue weighted by Gasteiger charge is 2.21. The molecular weight excluding hydrogens is 406 g/mol. The summed E-state index contributed by atoms with van der Waals surface area (Å²) in [4.78, 5) is 11.9. The highest BCUT2D eigenvalue weighted by molar-refractivity contribution is 5.70. The first kappa shape index (κ1) is 24.1. The van der Waals surface area contributed by atoms with E-state index in [0.717, 1.165) is 29.9 Å². The number of fused-ring (bicyclic) bond motifs is 1. The average Bonchev–Trinajstić information content (AvgIpc) is 2.76. The van der Waals surface area contributed by atoms with E-state index < -0.39 is 11.7 Å². The molecule has 0 unspecified atom stereocenters. The van der Waals surface area contributed by atoms with E-state index in [0.29, 0.717) is 25.9 Å². The Morgan fingerprint density at radius 3 is 2.75 bits per heavy atom. The molecule has 1 heterocycles. The minimum absolute atomic E-state index is 0.0670. The second kappa shape index (κ2) is 11.3. The van der Waals surface area contributed by atoms with Crippen LogP contribution in [-0.2, 0) is 22.4 Å². The van der Waals surface area contributed by atoms with Crippen molar-refractivity contribution in [3.63, 3.8) is 0 Å². The summed E-state index contributed by atoms with van der Waals surface area (Å²) in [5.74, 6) is 1.48. The molecule has 0 amide bonds. The summed E-state index contributed by atoms with van der Waals surface area (Å²) in [6.45, 7) is 7.01. The van der Waals surface area contributed by atoms with E-state index >= 15 is 0 Å². The Hall–Kier alpha value is -2.57. The van der Waals surface area contributed by atoms with E-state index in [4.69, 9.17) is 14.2 Å². The van der Waals surface area contributed by atoms with E-state index in [1.54, 1.807) is 0 Å². The highest BCUT2D eigenvalue weighted by Crippen LogP contribution is 2.29. The number of hydrogen-bond acceptors (Lipinski definition) is 6. The van der Waals surface area contributed by atoms with Crippen LogP contribution in [0, 0.1) is 0 Å². The van der Waals surface area contributed by atoms with Crippen molar-refractivity contribution in [3.05, 3.63) is 59.7 Å². The van der Waals surface area contributed by atoms with Gasteiger partial charge in [-0.25, -0.2) is 0 Å². The Morgan fingerprint density at radius 1 is 1.22 bits per heavy atom. The quantitative estimate of drug-likeness (QED) is 0.548. The summed E-state index contributed by atoms with van der Waals surface area (Å²) < 4.78 is 17.1. The fourth-order valence-electron chi connectivity index (χ4n) is 3.62. The van der Waals surface area contributed by atoms with Crippen molar-refractivity contribution < 1.29 is 24.1 Å². The van der Waals surface area contributed by atoms with Crippen molar-refractivity contribution in [1.82, 2.24) is 5.32 Å². The number of carbonyl (C=O) groups excluding carboxylic acids is 1. The molecule has 0 bridgehead atoms. The van der Waals surface area contributed by atoms with Crippen molar-refractivity contribution in [1.29, 1.82) is 0 Å². The molecule has 0 spiro atoms. The molecule has 32 heavy (non-hydrogen) atoms. The molecule has 2 N–H and O–H groups in total. The maximum absolute atomic E-state index is 11.9. The average molecular weight is 442 g/mol. The summed E-state index contributed by atoms with van der Waals surface area (Å²) in [7, 11) is 0. The van der Waals surface area contributed by atoms with Gasteiger partial charge in [0.2, 0.25) is 0 Å². The molecule has 6 nitrogen and oxygen atoms in total. The van der Waals surface area contributed by atoms with Gasteiger partial charge in [0.1, 0.15) is 35.9 Å². The lowest BCUT2D eigenvalue weighted by molar-refractivity contribution is -0.154. The molecule has 1 aliphatic rings. The van der Waals surface area contributed by atoms with Crippen LogP contribution in [0.2, 0.25) is 0 Å². The molecule has 2 atom stereocenters. The third-order valence-corrected chi connectivity index (χ3v) is 5.13. The van der Waals surface area contributed by atoms with E-state index in [9.17, 15) is 9.90 Å². The fourth-order valence-corrected chi connectivity index (χ4v) is 3.62. The summed E-state index contributed by atoms with van der Waals surface area (Å²) in [6.07, 6.45) is 2.36. The SMILES string of the molecule is CC(C)(C)OC(=O)CCc1ccc2c(c1)CC[C@H](CNC[C@H](O)COc1ccccc1)O2. The Kier molecular flexibility index (Phi) is 8.53. The van der Waals surface area contributed by atoms with Gasteiger partial charge >= 0.3 is 5.97 Å². The Balaban J connectivity index is 1.37. The van der Waals surface area contributed by atoms with Gasteiger partial charge in [-0.3, -0.25) is 4.79 Å². The predicted octanol–water partition coefficient (Wildman–Crippen LogP) is 3.68. The molecule has 3 rings (SSSR count). The lowest BCUT2D eigenvalue weighted by Crippen LogP contribution is -2.39. The van der Waals surface area contributed by atoms with Gasteiger partial charge in [0, 0.05) is 19.5 Å². The van der Waals surface area contributed by atoms with Crippen LogP contribution in [0.15, 0.2) is 48.5 Å². The first-order chi connectivity index (χ1) is 15.3. The number of nitrogens with one attached hydrogen (secondary N) is 1. The summed E-state index contributed by atoms with van der Waals surface area (Å²) >= 11 is 0. The van der Waals surface area contributed by atoms with Gasteiger partial charge in [0.25, 0.3) is 0 Å². The molecule has 0 aliphatic carbocycles. The van der Waals surface area contributed by atoms with E-state index in [2.05, 4.69) is 11.4 Å². The van der Waals surface area contributed by atoms with E-state index in [1.165, 1.54) is 5.56 Å². The van der Waals surface area contributed by atoms with Gasteiger partial charge in [-0.15, -0.1) is 0 Å². The second-order valence-electron chi connectivity index (χ2n) is 9.24. The van der Waals surface area contributed by atoms with Crippen LogP contribution in [0.4, 0.5) is 0 Å². The van der Waals surface area contributed by atoms with Gasteiger partial charge in [-0.2, -0.15) is 0 Å². The van der Waals surface area contributed by atoms with Crippen molar-refractivity contribution >= 4 is 5.97 Å². The number of para-hydroxylation sites is 1. The molecule has 174 valence electrons. The van der Waals surface area contributed by atoms with Gasteiger partial charge < -0.3 is 24.6 Å². The molecule has 2 aromatic carbocycles. The first-order valence-corrected chi connectivity index (χ1v) is 11.4. The summed E-state index contributed by atoms with van der Waals surface area (Å²) in [5.41, 5.74) is 1.85. The molecule has 0 fully saturated rings. The summed E-state index contributed by atoms with van der Waals surface area (Å²) in [5, 5.41) is 13.4. The number of carbonyl (C=O) groups is 1. The zero-order chi connectivity index (χ0) is 23.0. The Morgan fingerprint density at radius 2 is 2.00 bits per heavy atom. The third-order valence-electron chi connectivity index (χ3n) is 5.13. The minimum atomic E-state index is -0.585. The fraction of sp³-hybridized carbons (Fsp3) is 0.500. The number of esters is 1. The number of aliphatic hydroxyl groups is 1. The van der Waals surface area contributed by atoms with Crippen LogP contribution in [0.1, 0.15) is 44.7 Å². The Bertz CT molecular complexity index is 862. The van der Waals surface area contributed by atoms with Crippen molar-refractivity contribution in [2.75, 3.05) is 19.7 Å². The lowest BCUT2D eigenvalue weighted by Gasteiger charge is -2.27. The van der Waals surface area contributed by atoms with Crippen molar-refractivity contribution in [2.45, 2.75) is 64.3 Å². The monoisotopic (exact) mass is 441 g/mol. The summed E-state index contributed by atoms with van der Waals surface area (Å²) in [6, 6.07) is 15.6. The molecule has 2 aromatic rings. The molecule has 0 radical (unpaired) electrons. The minimum Gasteiger partial charge on any atom is -0.491 e. The van der Waals surface area contributed by atoms with Crippen LogP contribution in [0.25, 0.3) is 0 Å². The number of rotatable bonds is 10. The van der Waals surface area contributed by atoms with Crippen molar-refractivity contribution in [3.8, 4) is 11.5 Å². The molecule has 0 saturated carbocycles. The standard InChI is InChI=1S/C26H35NO5/c1-26(2,3)32-25(29)14-10-19-9-13-24-20(15-19)11-12-23(31-24)17-27-16-21(28)18-30-22-7-5-4-6-8-22/h4-9,13,15,21,23,27-28H,10-12,14,16-18H2,1-3H3/t21-,23+/m0/s1. The van der Waals surface area contributed by atoms with Crippen LogP contribution in [-0.4, -0.2) is 48.6 Å². The zero-order valence-corrected chi connectivity index (χ0v) is 19.3. The Labute approximate surface area is 190 Å². The van der Waals surface area contributed by atoms with Gasteiger partial charge in [-0.05, 0) is 69.4 Å². The molecular formula is C26H35NO5. The van der Waals surface area contributed by atoms with E-state index in [-0.39, 0.29) is 18.7 Å². The lowest BCUT2D eigenvalue weighted by atomic mass is 9.98. The van der Waals surface area contributed by atoms with Crippen LogP contribution < -0.4 is 14.8 Å². The number of aliphatic hydroxyl groups excluding tert-OH is 1. The van der Waals surface area contributed by atoms with Gasteiger partial charge in [0.15, 0.2) is 0 Å². The van der Waals surface area contributed by atoms with Crippen LogP contribution >= 0.6 is 0 Å². The van der Waals surface area contributed by atoms with Crippen molar-refractivity contribution in [2.24, 2.45) is 0 Å². The topological polar surface area (TPSA) is 77.0 Å². The maximum atomic E-state index is 11.9. The molecule has 0 saturated heterocycles. The number of aryl methyl sites for hydroxylation is 2. The molecule has 6 heteroatoms. The predicted molar refractivity (Wildman–Crippen MR) is 124 cm³/mol. The number of benzene rings is 2. The first-order valence-electron chi connectivity index (χ1n) is 11.4. The number of hydrogen-bond donors (Lipinski definition) is 2. The second-order valence-corrected chi connectivity index (χ2v) is 9.24. The highest BCUT2D eigenvalue weighted by atomic mass is 16.6.